The first kappa shape index (κ1) is 14.1. The van der Waals surface area contributed by atoms with Crippen LogP contribution >= 0.6 is 0 Å². The number of piperazine rings is 1. The summed E-state index contributed by atoms with van der Waals surface area (Å²) >= 11 is 0. The quantitative estimate of drug-likeness (QED) is 0.886. The highest BCUT2D eigenvalue weighted by Crippen LogP contribution is 2.18. The van der Waals surface area contributed by atoms with Gasteiger partial charge in [-0.3, -0.25) is 4.79 Å². The van der Waals surface area contributed by atoms with Gasteiger partial charge in [0.15, 0.2) is 0 Å². The molecule has 0 aliphatic carbocycles. The van der Waals surface area contributed by atoms with Gasteiger partial charge in [-0.05, 0) is 37.5 Å². The van der Waals surface area contributed by atoms with Crippen molar-refractivity contribution in [3.63, 3.8) is 0 Å². The Bertz CT molecular complexity index is 429. The molecule has 0 radical (unpaired) electrons. The largest absolute Gasteiger partial charge is 0.331 e. The van der Waals surface area contributed by atoms with Crippen molar-refractivity contribution in [1.82, 2.24) is 10.2 Å². The van der Waals surface area contributed by atoms with Gasteiger partial charge in [0.2, 0.25) is 0 Å². The summed E-state index contributed by atoms with van der Waals surface area (Å²) in [4.78, 5) is 14.6. The van der Waals surface area contributed by atoms with Crippen molar-refractivity contribution >= 4 is 5.91 Å². The standard InChI is InChI=1S/C16H24N2O/c1-11(2)14-5-7-15(8-6-14)16(19)18-12(3)9-17-10-13(18)4/h5-8,11-13,17H,9-10H2,1-4H3. The van der Waals surface area contributed by atoms with Crippen molar-refractivity contribution in [2.75, 3.05) is 13.1 Å². The molecule has 2 unspecified atom stereocenters. The molecule has 3 heteroatoms. The first-order chi connectivity index (χ1) is 9.00. The number of hydrogen-bond donors (Lipinski definition) is 1. The Hall–Kier alpha value is -1.35. The van der Waals surface area contributed by atoms with Crippen LogP contribution in [0.1, 0.15) is 49.5 Å². The maximum absolute atomic E-state index is 12.6. The maximum atomic E-state index is 12.6. The third kappa shape index (κ3) is 2.98. The molecule has 2 rings (SSSR count). The highest BCUT2D eigenvalue weighted by Gasteiger charge is 2.29. The maximum Gasteiger partial charge on any atom is 0.254 e. The van der Waals surface area contributed by atoms with Gasteiger partial charge in [0.25, 0.3) is 5.91 Å². The Balaban J connectivity index is 2.18. The van der Waals surface area contributed by atoms with Gasteiger partial charge < -0.3 is 10.2 Å². The van der Waals surface area contributed by atoms with Crippen LogP contribution in [-0.2, 0) is 0 Å². The highest BCUT2D eigenvalue weighted by molar-refractivity contribution is 5.94. The van der Waals surface area contributed by atoms with E-state index in [1.807, 2.05) is 17.0 Å². The van der Waals surface area contributed by atoms with E-state index >= 15 is 0 Å². The molecule has 1 heterocycles. The summed E-state index contributed by atoms with van der Waals surface area (Å²) in [7, 11) is 0. The van der Waals surface area contributed by atoms with Gasteiger partial charge >= 0.3 is 0 Å². The Kier molecular flexibility index (Phi) is 4.25. The molecule has 1 N–H and O–H groups in total. The molecule has 19 heavy (non-hydrogen) atoms. The van der Waals surface area contributed by atoms with E-state index in [1.54, 1.807) is 0 Å². The molecule has 0 saturated carbocycles. The predicted octanol–water partition coefficient (Wildman–Crippen LogP) is 2.63. The summed E-state index contributed by atoms with van der Waals surface area (Å²) in [6, 6.07) is 8.55. The lowest BCUT2D eigenvalue weighted by Crippen LogP contribution is -2.57. The Morgan fingerprint density at radius 1 is 1.16 bits per heavy atom. The first-order valence-electron chi connectivity index (χ1n) is 7.14. The van der Waals surface area contributed by atoms with Gasteiger partial charge in [0, 0.05) is 30.7 Å². The van der Waals surface area contributed by atoms with Crippen LogP contribution in [0.25, 0.3) is 0 Å². The Morgan fingerprint density at radius 3 is 2.16 bits per heavy atom. The smallest absolute Gasteiger partial charge is 0.254 e. The van der Waals surface area contributed by atoms with Gasteiger partial charge in [0.05, 0.1) is 0 Å². The lowest BCUT2D eigenvalue weighted by Gasteiger charge is -2.39. The average Bonchev–Trinajstić information content (AvgIpc) is 2.38. The fraction of sp³-hybridized carbons (Fsp3) is 0.562. The molecule has 1 fully saturated rings. The minimum Gasteiger partial charge on any atom is -0.331 e. The molecular formula is C16H24N2O. The van der Waals surface area contributed by atoms with E-state index < -0.39 is 0 Å². The van der Waals surface area contributed by atoms with Crippen LogP contribution in [0.3, 0.4) is 0 Å². The SMILES string of the molecule is CC(C)c1ccc(C(=O)N2C(C)CNCC2C)cc1. The molecule has 1 aliphatic heterocycles. The normalized spacial score (nSPS) is 23.7. The molecule has 0 spiro atoms. The van der Waals surface area contributed by atoms with Crippen molar-refractivity contribution in [2.24, 2.45) is 0 Å². The Morgan fingerprint density at radius 2 is 1.68 bits per heavy atom. The second-order valence-corrected chi connectivity index (χ2v) is 5.85. The average molecular weight is 260 g/mol. The highest BCUT2D eigenvalue weighted by atomic mass is 16.2. The second-order valence-electron chi connectivity index (χ2n) is 5.85. The molecule has 2 atom stereocenters. The molecule has 1 aromatic rings. The first-order valence-corrected chi connectivity index (χ1v) is 7.14. The van der Waals surface area contributed by atoms with Gasteiger partial charge in [0.1, 0.15) is 0 Å². The molecular weight excluding hydrogens is 236 g/mol. The molecule has 1 saturated heterocycles. The van der Waals surface area contributed by atoms with E-state index in [0.29, 0.717) is 5.92 Å². The summed E-state index contributed by atoms with van der Waals surface area (Å²) in [5.74, 6) is 0.651. The molecule has 1 aliphatic rings. The minimum absolute atomic E-state index is 0.150. The summed E-state index contributed by atoms with van der Waals surface area (Å²) in [5.41, 5.74) is 2.07. The van der Waals surface area contributed by atoms with E-state index in [4.69, 9.17) is 0 Å². The molecule has 1 amide bonds. The van der Waals surface area contributed by atoms with Gasteiger partial charge in [-0.1, -0.05) is 26.0 Å². The number of amides is 1. The summed E-state index contributed by atoms with van der Waals surface area (Å²) in [5, 5.41) is 3.35. The summed E-state index contributed by atoms with van der Waals surface area (Å²) in [6.07, 6.45) is 0. The monoisotopic (exact) mass is 260 g/mol. The van der Waals surface area contributed by atoms with Crippen LogP contribution in [-0.4, -0.2) is 36.0 Å². The third-order valence-electron chi connectivity index (χ3n) is 3.89. The van der Waals surface area contributed by atoms with Crippen molar-refractivity contribution in [2.45, 2.75) is 45.7 Å². The third-order valence-corrected chi connectivity index (χ3v) is 3.89. The van der Waals surface area contributed by atoms with E-state index in [2.05, 4.69) is 45.1 Å². The fourth-order valence-corrected chi connectivity index (χ4v) is 2.69. The van der Waals surface area contributed by atoms with Crippen molar-refractivity contribution in [3.8, 4) is 0 Å². The summed E-state index contributed by atoms with van der Waals surface area (Å²) < 4.78 is 0. The van der Waals surface area contributed by atoms with Crippen LogP contribution in [0.15, 0.2) is 24.3 Å². The van der Waals surface area contributed by atoms with Crippen LogP contribution in [0.4, 0.5) is 0 Å². The number of hydrogen-bond acceptors (Lipinski definition) is 2. The molecule has 3 nitrogen and oxygen atoms in total. The molecule has 104 valence electrons. The number of rotatable bonds is 2. The van der Waals surface area contributed by atoms with Crippen LogP contribution < -0.4 is 5.32 Å². The lowest BCUT2D eigenvalue weighted by molar-refractivity contribution is 0.0544. The van der Waals surface area contributed by atoms with E-state index in [9.17, 15) is 4.79 Å². The van der Waals surface area contributed by atoms with E-state index in [1.165, 1.54) is 5.56 Å². The molecule has 1 aromatic carbocycles. The second kappa shape index (κ2) is 5.74. The number of carbonyl (C=O) groups excluding carboxylic acids is 1. The van der Waals surface area contributed by atoms with Crippen molar-refractivity contribution in [3.05, 3.63) is 35.4 Å². The van der Waals surface area contributed by atoms with Gasteiger partial charge in [-0.25, -0.2) is 0 Å². The number of carbonyl (C=O) groups is 1. The predicted molar refractivity (Wildman–Crippen MR) is 78.5 cm³/mol. The van der Waals surface area contributed by atoms with Crippen LogP contribution in [0, 0.1) is 0 Å². The van der Waals surface area contributed by atoms with Crippen LogP contribution in [0.2, 0.25) is 0 Å². The van der Waals surface area contributed by atoms with Gasteiger partial charge in [-0.2, -0.15) is 0 Å². The van der Waals surface area contributed by atoms with Crippen molar-refractivity contribution < 1.29 is 4.79 Å². The van der Waals surface area contributed by atoms with E-state index in [0.717, 1.165) is 18.7 Å². The fourth-order valence-electron chi connectivity index (χ4n) is 2.69. The number of nitrogens with zero attached hydrogens (tertiary/aromatic N) is 1. The Labute approximate surface area is 116 Å². The zero-order valence-electron chi connectivity index (χ0n) is 12.3. The molecule has 0 aromatic heterocycles. The zero-order chi connectivity index (χ0) is 14.0. The number of nitrogens with one attached hydrogen (secondary N) is 1. The van der Waals surface area contributed by atoms with Crippen molar-refractivity contribution in [1.29, 1.82) is 0 Å². The minimum atomic E-state index is 0.150. The van der Waals surface area contributed by atoms with E-state index in [-0.39, 0.29) is 18.0 Å². The number of benzene rings is 1. The lowest BCUT2D eigenvalue weighted by atomic mass is 10.0. The van der Waals surface area contributed by atoms with Crippen LogP contribution in [0.5, 0.6) is 0 Å². The molecule has 0 bridgehead atoms. The topological polar surface area (TPSA) is 32.3 Å². The zero-order valence-corrected chi connectivity index (χ0v) is 12.3. The summed E-state index contributed by atoms with van der Waals surface area (Å²) in [6.45, 7) is 10.3. The van der Waals surface area contributed by atoms with Gasteiger partial charge in [-0.15, -0.1) is 0 Å².